The van der Waals surface area contributed by atoms with Crippen LogP contribution in [0.15, 0.2) is 54.6 Å². The molecule has 1 fully saturated rings. The van der Waals surface area contributed by atoms with Crippen LogP contribution in [0.1, 0.15) is 17.5 Å². The number of nitrogens with two attached hydrogens (primary N) is 1. The van der Waals surface area contributed by atoms with E-state index in [1.165, 1.54) is 0 Å². The molecule has 4 rings (SSSR count). The zero-order valence-electron chi connectivity index (χ0n) is 17.1. The molecule has 1 aliphatic rings. The molecule has 1 saturated carbocycles. The van der Waals surface area contributed by atoms with Crippen LogP contribution >= 0.6 is 11.6 Å². The summed E-state index contributed by atoms with van der Waals surface area (Å²) in [4.78, 5) is 8.16. The molecule has 0 spiro atoms. The molecule has 1 aliphatic carbocycles. The first kappa shape index (κ1) is 22.1. The smallest absolute Gasteiger partial charge is 0.223 e. The SMILES string of the molecule is Nc1nc(Cl)c(C#Cc2ccc(-c3ccccc3)cc2)c(NC2CC(CO)C(O)C2O)n1. The Morgan fingerprint density at radius 2 is 1.66 bits per heavy atom. The minimum atomic E-state index is -1.08. The highest BCUT2D eigenvalue weighted by atomic mass is 35.5. The van der Waals surface area contributed by atoms with Gasteiger partial charge in [-0.3, -0.25) is 0 Å². The Balaban J connectivity index is 1.59. The lowest BCUT2D eigenvalue weighted by atomic mass is 10.0. The van der Waals surface area contributed by atoms with Crippen molar-refractivity contribution in [3.63, 3.8) is 0 Å². The van der Waals surface area contributed by atoms with Gasteiger partial charge in [-0.1, -0.05) is 65.9 Å². The van der Waals surface area contributed by atoms with Gasteiger partial charge in [0.05, 0.1) is 12.1 Å². The molecule has 164 valence electrons. The predicted octanol–water partition coefficient (Wildman–Crippen LogP) is 2.29. The molecule has 0 aliphatic heterocycles. The Bertz CT molecular complexity index is 1150. The second-order valence-corrected chi connectivity index (χ2v) is 8.06. The maximum absolute atomic E-state index is 10.3. The highest BCUT2D eigenvalue weighted by Gasteiger charge is 2.41. The van der Waals surface area contributed by atoms with Crippen molar-refractivity contribution >= 4 is 23.4 Å². The van der Waals surface area contributed by atoms with Crippen molar-refractivity contribution < 1.29 is 15.3 Å². The number of hydrogen-bond acceptors (Lipinski definition) is 7. The van der Waals surface area contributed by atoms with Gasteiger partial charge in [0.2, 0.25) is 5.95 Å². The van der Waals surface area contributed by atoms with Crippen molar-refractivity contribution in [2.75, 3.05) is 17.7 Å². The predicted molar refractivity (Wildman–Crippen MR) is 124 cm³/mol. The molecule has 0 amide bonds. The van der Waals surface area contributed by atoms with Crippen molar-refractivity contribution in [1.29, 1.82) is 0 Å². The van der Waals surface area contributed by atoms with Crippen LogP contribution in [0.25, 0.3) is 11.1 Å². The zero-order chi connectivity index (χ0) is 22.7. The number of rotatable bonds is 4. The summed E-state index contributed by atoms with van der Waals surface area (Å²) >= 11 is 6.29. The Morgan fingerprint density at radius 1 is 0.969 bits per heavy atom. The van der Waals surface area contributed by atoms with Crippen LogP contribution in [0.3, 0.4) is 0 Å². The van der Waals surface area contributed by atoms with Crippen molar-refractivity contribution in [3.8, 4) is 23.0 Å². The van der Waals surface area contributed by atoms with Crippen LogP contribution in [0.2, 0.25) is 5.15 Å². The molecule has 7 nitrogen and oxygen atoms in total. The Kier molecular flexibility index (Phi) is 6.58. The summed E-state index contributed by atoms with van der Waals surface area (Å²) in [5.41, 5.74) is 9.06. The molecule has 4 atom stereocenters. The molecule has 6 N–H and O–H groups in total. The van der Waals surface area contributed by atoms with E-state index in [0.717, 1.165) is 16.7 Å². The zero-order valence-corrected chi connectivity index (χ0v) is 17.9. The van der Waals surface area contributed by atoms with E-state index in [2.05, 4.69) is 27.1 Å². The van der Waals surface area contributed by atoms with Crippen LogP contribution in [0.4, 0.5) is 11.8 Å². The number of aliphatic hydroxyl groups excluding tert-OH is 3. The topological polar surface area (TPSA) is 125 Å². The maximum Gasteiger partial charge on any atom is 0.223 e. The van der Waals surface area contributed by atoms with Crippen LogP contribution in [-0.2, 0) is 0 Å². The number of benzene rings is 2. The van der Waals surface area contributed by atoms with Crippen LogP contribution in [-0.4, -0.2) is 50.1 Å². The minimum Gasteiger partial charge on any atom is -0.396 e. The van der Waals surface area contributed by atoms with Gasteiger partial charge in [-0.2, -0.15) is 9.97 Å². The van der Waals surface area contributed by atoms with E-state index >= 15 is 0 Å². The molecule has 0 saturated heterocycles. The average Bonchev–Trinajstić information content (AvgIpc) is 3.07. The van der Waals surface area contributed by atoms with Gasteiger partial charge in [0, 0.05) is 18.1 Å². The first-order chi connectivity index (χ1) is 15.5. The number of nitrogen functional groups attached to an aromatic ring is 1. The summed E-state index contributed by atoms with van der Waals surface area (Å²) in [6, 6.07) is 17.3. The number of anilines is 2. The van der Waals surface area contributed by atoms with E-state index in [0.29, 0.717) is 12.0 Å². The number of nitrogens with zero attached hydrogens (tertiary/aromatic N) is 2. The van der Waals surface area contributed by atoms with Crippen LogP contribution in [0.5, 0.6) is 0 Å². The fraction of sp³-hybridized carbons (Fsp3) is 0.250. The summed E-state index contributed by atoms with van der Waals surface area (Å²) in [6.45, 7) is -0.227. The van der Waals surface area contributed by atoms with Gasteiger partial charge in [-0.05, 0) is 29.7 Å². The number of aromatic nitrogens is 2. The molecule has 2 aromatic carbocycles. The standard InChI is InChI=1S/C24H23ClN4O3/c25-22-18(11-8-14-6-9-16(10-7-14)15-4-2-1-3-5-15)23(29-24(26)28-22)27-19-12-17(13-30)20(31)21(19)32/h1-7,9-10,17,19-21,30-32H,12-13H2,(H3,26,27,28,29). The van der Waals surface area contributed by atoms with Gasteiger partial charge in [0.15, 0.2) is 5.15 Å². The van der Waals surface area contributed by atoms with E-state index in [1.54, 1.807) is 0 Å². The number of hydrogen-bond donors (Lipinski definition) is 5. The van der Waals surface area contributed by atoms with E-state index in [9.17, 15) is 15.3 Å². The number of halogens is 1. The highest BCUT2D eigenvalue weighted by molar-refractivity contribution is 6.31. The maximum atomic E-state index is 10.3. The molecule has 0 bridgehead atoms. The van der Waals surface area contributed by atoms with Crippen molar-refractivity contribution in [2.45, 2.75) is 24.7 Å². The summed E-state index contributed by atoms with van der Waals surface area (Å²) in [5.74, 6) is 5.84. The van der Waals surface area contributed by atoms with Crippen molar-refractivity contribution in [1.82, 2.24) is 9.97 Å². The quantitative estimate of drug-likeness (QED) is 0.305. The van der Waals surface area contributed by atoms with Gasteiger partial charge >= 0.3 is 0 Å². The molecule has 3 aromatic rings. The van der Waals surface area contributed by atoms with Gasteiger partial charge in [0.1, 0.15) is 17.5 Å². The van der Waals surface area contributed by atoms with E-state index in [-0.39, 0.29) is 23.5 Å². The Labute approximate surface area is 190 Å². The molecule has 1 heterocycles. The van der Waals surface area contributed by atoms with E-state index in [1.807, 2.05) is 54.6 Å². The van der Waals surface area contributed by atoms with Crippen molar-refractivity contribution in [2.24, 2.45) is 5.92 Å². The first-order valence-electron chi connectivity index (χ1n) is 10.2. The molecule has 4 unspecified atom stereocenters. The molecule has 32 heavy (non-hydrogen) atoms. The second kappa shape index (κ2) is 9.55. The third-order valence-corrected chi connectivity index (χ3v) is 5.84. The van der Waals surface area contributed by atoms with Gasteiger partial charge < -0.3 is 26.4 Å². The van der Waals surface area contributed by atoms with E-state index in [4.69, 9.17) is 17.3 Å². The average molecular weight is 451 g/mol. The van der Waals surface area contributed by atoms with Crippen LogP contribution in [0, 0.1) is 17.8 Å². The van der Waals surface area contributed by atoms with Crippen molar-refractivity contribution in [3.05, 3.63) is 70.9 Å². The molecular weight excluding hydrogens is 428 g/mol. The second-order valence-electron chi connectivity index (χ2n) is 7.70. The molecular formula is C24H23ClN4O3. The fourth-order valence-corrected chi connectivity index (χ4v) is 4.02. The fourth-order valence-electron chi connectivity index (χ4n) is 3.80. The first-order valence-corrected chi connectivity index (χ1v) is 10.6. The lowest BCUT2D eigenvalue weighted by Crippen LogP contribution is -2.35. The molecule has 8 heteroatoms. The summed E-state index contributed by atoms with van der Waals surface area (Å²) in [6.07, 6.45) is -1.76. The lowest BCUT2D eigenvalue weighted by Gasteiger charge is -2.19. The largest absolute Gasteiger partial charge is 0.396 e. The summed E-state index contributed by atoms with van der Waals surface area (Å²) in [7, 11) is 0. The Hall–Kier alpha value is -3.15. The highest BCUT2D eigenvalue weighted by Crippen LogP contribution is 2.30. The molecule has 1 aromatic heterocycles. The number of nitrogens with one attached hydrogen (secondary N) is 1. The molecule has 0 radical (unpaired) electrons. The summed E-state index contributed by atoms with van der Waals surface area (Å²) < 4.78 is 0. The monoisotopic (exact) mass is 450 g/mol. The third kappa shape index (κ3) is 4.69. The summed E-state index contributed by atoms with van der Waals surface area (Å²) in [5, 5.41) is 32.9. The normalized spacial score (nSPS) is 22.2. The Morgan fingerprint density at radius 3 is 2.31 bits per heavy atom. The van der Waals surface area contributed by atoms with Gasteiger partial charge in [-0.25, -0.2) is 0 Å². The third-order valence-electron chi connectivity index (χ3n) is 5.56. The van der Waals surface area contributed by atoms with Gasteiger partial charge in [0.25, 0.3) is 0 Å². The van der Waals surface area contributed by atoms with Crippen LogP contribution < -0.4 is 11.1 Å². The lowest BCUT2D eigenvalue weighted by molar-refractivity contribution is 0.00445. The van der Waals surface area contributed by atoms with E-state index < -0.39 is 24.2 Å². The number of aliphatic hydroxyl groups is 3. The minimum absolute atomic E-state index is 0.0398. The van der Waals surface area contributed by atoms with Gasteiger partial charge in [-0.15, -0.1) is 0 Å².